The van der Waals surface area contributed by atoms with Gasteiger partial charge in [0.1, 0.15) is 10.1 Å². The van der Waals surface area contributed by atoms with Crippen molar-refractivity contribution in [1.29, 1.82) is 5.26 Å². The van der Waals surface area contributed by atoms with Crippen LogP contribution in [0.3, 0.4) is 0 Å². The van der Waals surface area contributed by atoms with Crippen LogP contribution in [-0.2, 0) is 10.1 Å². The number of hydrogen-bond acceptors (Lipinski definition) is 6. The zero-order chi connectivity index (χ0) is 15.3. The van der Waals surface area contributed by atoms with Gasteiger partial charge < -0.3 is 4.55 Å². The van der Waals surface area contributed by atoms with E-state index in [2.05, 4.69) is 10.5 Å². The molecule has 0 aliphatic heterocycles. The summed E-state index contributed by atoms with van der Waals surface area (Å²) >= 11 is 0. The molecule has 0 amide bonds. The molecular formula is C14H10KN3O3S. The number of benzene rings is 2. The summed E-state index contributed by atoms with van der Waals surface area (Å²) in [5.41, 5.74) is 4.63. The fraction of sp³-hybridized carbons (Fsp3) is 0. The molecule has 0 bridgehead atoms. The second-order valence-corrected chi connectivity index (χ2v) is 5.46. The van der Waals surface area contributed by atoms with Gasteiger partial charge in [0, 0.05) is 0 Å². The molecule has 8 heteroatoms. The second-order valence-electron chi connectivity index (χ2n) is 4.08. The first-order valence-electron chi connectivity index (χ1n) is 5.84. The fourth-order valence-electron chi connectivity index (χ4n) is 1.52. The standard InChI is InChI=1S/C14H11N3O3S.K/c15-9-11-1-3-12(4-2-11)10-16-17-13-5-7-14(8-6-13)21(18,19)20;/h1-8,10,17H,(H,18,19,20);/q;+1/p-1/b16-10+;. The summed E-state index contributed by atoms with van der Waals surface area (Å²) < 4.78 is 32.3. The number of rotatable bonds is 4. The predicted molar refractivity (Wildman–Crippen MR) is 76.8 cm³/mol. The van der Waals surface area contributed by atoms with Crippen LogP contribution < -0.4 is 56.8 Å². The van der Waals surface area contributed by atoms with Gasteiger partial charge in [-0.3, -0.25) is 5.43 Å². The number of nitrogens with one attached hydrogen (secondary N) is 1. The minimum Gasteiger partial charge on any atom is -0.744 e. The topological polar surface area (TPSA) is 105 Å². The summed E-state index contributed by atoms with van der Waals surface area (Å²) in [5, 5.41) is 12.6. The zero-order valence-electron chi connectivity index (χ0n) is 11.7. The molecule has 0 aliphatic rings. The molecule has 0 fully saturated rings. The Balaban J connectivity index is 0.00000242. The van der Waals surface area contributed by atoms with E-state index in [1.165, 1.54) is 24.3 Å². The molecule has 0 unspecified atom stereocenters. The summed E-state index contributed by atoms with van der Waals surface area (Å²) in [6.45, 7) is 0. The van der Waals surface area contributed by atoms with Crippen LogP contribution >= 0.6 is 0 Å². The maximum absolute atomic E-state index is 10.8. The molecule has 2 aromatic rings. The van der Waals surface area contributed by atoms with Gasteiger partial charge in [-0.1, -0.05) is 12.1 Å². The van der Waals surface area contributed by atoms with Gasteiger partial charge in [0.25, 0.3) is 0 Å². The van der Waals surface area contributed by atoms with Gasteiger partial charge in [-0.25, -0.2) is 8.42 Å². The van der Waals surface area contributed by atoms with Gasteiger partial charge in [0.05, 0.1) is 28.4 Å². The van der Waals surface area contributed by atoms with Crippen LogP contribution in [0.15, 0.2) is 58.5 Å². The van der Waals surface area contributed by atoms with Crippen molar-refractivity contribution >= 4 is 22.0 Å². The molecule has 2 aromatic carbocycles. The quantitative estimate of drug-likeness (QED) is 0.330. The molecule has 0 heterocycles. The van der Waals surface area contributed by atoms with Gasteiger partial charge in [0.2, 0.25) is 0 Å². The van der Waals surface area contributed by atoms with Crippen molar-refractivity contribution in [2.75, 3.05) is 5.43 Å². The third kappa shape index (κ3) is 5.62. The maximum Gasteiger partial charge on any atom is 1.00 e. The maximum atomic E-state index is 10.8. The molecule has 106 valence electrons. The van der Waals surface area contributed by atoms with E-state index < -0.39 is 10.1 Å². The fourth-order valence-corrected chi connectivity index (χ4v) is 1.99. The molecule has 0 saturated heterocycles. The van der Waals surface area contributed by atoms with Gasteiger partial charge in [-0.05, 0) is 42.0 Å². The first kappa shape index (κ1) is 19.0. The molecule has 0 spiro atoms. The molecule has 2 rings (SSSR count). The molecule has 6 nitrogen and oxygen atoms in total. The van der Waals surface area contributed by atoms with Crippen molar-refractivity contribution < 1.29 is 64.4 Å². The predicted octanol–water partition coefficient (Wildman–Crippen LogP) is -1.09. The Bertz CT molecular complexity index is 795. The van der Waals surface area contributed by atoms with Crippen molar-refractivity contribution in [3.05, 3.63) is 59.7 Å². The number of nitrogens with zero attached hydrogens (tertiary/aromatic N) is 2. The van der Waals surface area contributed by atoms with Crippen molar-refractivity contribution in [1.82, 2.24) is 0 Å². The monoisotopic (exact) mass is 339 g/mol. The average Bonchev–Trinajstić information content (AvgIpc) is 2.47. The zero-order valence-corrected chi connectivity index (χ0v) is 15.7. The molecule has 1 N–H and O–H groups in total. The Morgan fingerprint density at radius 3 is 2.18 bits per heavy atom. The van der Waals surface area contributed by atoms with Crippen LogP contribution in [0, 0.1) is 11.3 Å². The Kier molecular flexibility index (Phi) is 7.38. The first-order chi connectivity index (χ1) is 9.99. The van der Waals surface area contributed by atoms with E-state index in [1.807, 2.05) is 6.07 Å². The van der Waals surface area contributed by atoms with E-state index in [0.29, 0.717) is 11.3 Å². The van der Waals surface area contributed by atoms with E-state index in [4.69, 9.17) is 5.26 Å². The van der Waals surface area contributed by atoms with E-state index in [0.717, 1.165) is 5.56 Å². The van der Waals surface area contributed by atoms with E-state index in [1.54, 1.807) is 30.5 Å². The summed E-state index contributed by atoms with van der Waals surface area (Å²) in [7, 11) is -4.43. The normalized spacial score (nSPS) is 10.7. The van der Waals surface area contributed by atoms with E-state index >= 15 is 0 Å². The molecule has 22 heavy (non-hydrogen) atoms. The minimum atomic E-state index is -4.43. The second kappa shape index (κ2) is 8.55. The molecule has 0 radical (unpaired) electrons. The summed E-state index contributed by atoms with van der Waals surface area (Å²) in [5.74, 6) is 0. The summed E-state index contributed by atoms with van der Waals surface area (Å²) in [4.78, 5) is -0.288. The van der Waals surface area contributed by atoms with Crippen molar-refractivity contribution in [2.24, 2.45) is 5.10 Å². The first-order valence-corrected chi connectivity index (χ1v) is 7.25. The Hall–Kier alpha value is -1.05. The van der Waals surface area contributed by atoms with Gasteiger partial charge >= 0.3 is 51.4 Å². The van der Waals surface area contributed by atoms with Crippen molar-refractivity contribution in [3.63, 3.8) is 0 Å². The largest absolute Gasteiger partial charge is 1.00 e. The molecular weight excluding hydrogens is 329 g/mol. The Labute approximate surface area is 171 Å². The van der Waals surface area contributed by atoms with Gasteiger partial charge in [0.15, 0.2) is 0 Å². The number of hydrazone groups is 1. The van der Waals surface area contributed by atoms with Crippen LogP contribution in [0.5, 0.6) is 0 Å². The average molecular weight is 339 g/mol. The molecule has 0 saturated carbocycles. The number of nitriles is 1. The number of anilines is 1. The Morgan fingerprint density at radius 2 is 1.68 bits per heavy atom. The third-order valence-corrected chi connectivity index (χ3v) is 3.44. The minimum absolute atomic E-state index is 0. The van der Waals surface area contributed by atoms with E-state index in [9.17, 15) is 13.0 Å². The van der Waals surface area contributed by atoms with Crippen LogP contribution in [0.4, 0.5) is 5.69 Å². The summed E-state index contributed by atoms with van der Waals surface area (Å²) in [6.07, 6.45) is 1.55. The smallest absolute Gasteiger partial charge is 0.744 e. The van der Waals surface area contributed by atoms with Crippen LogP contribution in [0.1, 0.15) is 11.1 Å². The van der Waals surface area contributed by atoms with Gasteiger partial charge in [-0.15, -0.1) is 0 Å². The molecule has 0 aliphatic carbocycles. The molecule has 0 atom stereocenters. The van der Waals surface area contributed by atoms with Crippen molar-refractivity contribution in [3.8, 4) is 6.07 Å². The number of hydrogen-bond donors (Lipinski definition) is 1. The van der Waals surface area contributed by atoms with Crippen LogP contribution in [-0.4, -0.2) is 19.2 Å². The van der Waals surface area contributed by atoms with Crippen LogP contribution in [0.25, 0.3) is 0 Å². The van der Waals surface area contributed by atoms with Crippen molar-refractivity contribution in [2.45, 2.75) is 4.90 Å². The van der Waals surface area contributed by atoms with Gasteiger partial charge in [-0.2, -0.15) is 10.4 Å². The third-order valence-electron chi connectivity index (χ3n) is 2.59. The SMILES string of the molecule is N#Cc1ccc(/C=N/Nc2ccc(S(=O)(=O)[O-])cc2)cc1.[K+]. The summed E-state index contributed by atoms with van der Waals surface area (Å²) in [6, 6.07) is 14.2. The van der Waals surface area contributed by atoms with E-state index in [-0.39, 0.29) is 56.3 Å². The Morgan fingerprint density at radius 1 is 1.09 bits per heavy atom. The molecule has 0 aromatic heterocycles. The van der Waals surface area contributed by atoms with Crippen LogP contribution in [0.2, 0.25) is 0 Å².